The molecule has 0 saturated heterocycles. The number of anilines is 1. The first-order valence-corrected chi connectivity index (χ1v) is 5.90. The molecule has 0 aliphatic carbocycles. The lowest BCUT2D eigenvalue weighted by Crippen LogP contribution is -2.31. The van der Waals surface area contributed by atoms with Gasteiger partial charge in [-0.15, -0.1) is 0 Å². The lowest BCUT2D eigenvalue weighted by atomic mass is 10.3. The third kappa shape index (κ3) is 2.97. The van der Waals surface area contributed by atoms with Crippen LogP contribution in [0.25, 0.3) is 0 Å². The van der Waals surface area contributed by atoms with E-state index in [2.05, 4.69) is 20.5 Å². The number of amides is 2. The molecule has 2 rings (SSSR count). The van der Waals surface area contributed by atoms with Gasteiger partial charge in [-0.25, -0.2) is 9.59 Å². The van der Waals surface area contributed by atoms with Crippen LogP contribution in [-0.2, 0) is 6.54 Å². The summed E-state index contributed by atoms with van der Waals surface area (Å²) in [5.41, 5.74) is 1.73. The van der Waals surface area contributed by atoms with E-state index in [-0.39, 0.29) is 11.4 Å². The molecule has 0 fully saturated rings. The molecule has 0 atom stereocenters. The number of aromatic nitrogens is 3. The van der Waals surface area contributed by atoms with Crippen LogP contribution < -0.4 is 5.32 Å². The fraction of sp³-hybridized carbons (Fsp3) is 0.250. The maximum absolute atomic E-state index is 12.0. The number of nitrogens with one attached hydrogen (secondary N) is 3. The van der Waals surface area contributed by atoms with Crippen molar-refractivity contribution in [3.63, 3.8) is 0 Å². The first kappa shape index (κ1) is 13.7. The number of aromatic amines is 2. The van der Waals surface area contributed by atoms with E-state index in [1.807, 2.05) is 0 Å². The Kier molecular flexibility index (Phi) is 3.74. The molecule has 20 heavy (non-hydrogen) atoms. The van der Waals surface area contributed by atoms with E-state index in [0.717, 1.165) is 5.56 Å². The number of carbonyl (C=O) groups excluding carboxylic acids is 1. The average Bonchev–Trinajstić information content (AvgIpc) is 2.98. The molecule has 8 heteroatoms. The van der Waals surface area contributed by atoms with Gasteiger partial charge < -0.3 is 20.3 Å². The van der Waals surface area contributed by atoms with E-state index in [4.69, 9.17) is 5.11 Å². The molecular formula is C12H15N5O3. The smallest absolute Gasteiger partial charge is 0.354 e. The summed E-state index contributed by atoms with van der Waals surface area (Å²) >= 11 is 0. The van der Waals surface area contributed by atoms with Crippen molar-refractivity contribution >= 4 is 17.7 Å². The molecule has 8 nitrogen and oxygen atoms in total. The fourth-order valence-electron chi connectivity index (χ4n) is 1.78. The highest BCUT2D eigenvalue weighted by Crippen LogP contribution is 2.17. The molecule has 0 aliphatic heterocycles. The van der Waals surface area contributed by atoms with E-state index < -0.39 is 12.0 Å². The van der Waals surface area contributed by atoms with E-state index in [1.54, 1.807) is 32.4 Å². The fourth-order valence-corrected chi connectivity index (χ4v) is 1.78. The quantitative estimate of drug-likeness (QED) is 0.676. The molecule has 0 radical (unpaired) electrons. The van der Waals surface area contributed by atoms with Crippen LogP contribution in [0.15, 0.2) is 18.5 Å². The van der Waals surface area contributed by atoms with Gasteiger partial charge >= 0.3 is 12.0 Å². The number of nitrogens with zero attached hydrogens (tertiary/aromatic N) is 2. The summed E-state index contributed by atoms with van der Waals surface area (Å²) in [6.07, 6.45) is 3.31. The van der Waals surface area contributed by atoms with Crippen LogP contribution in [0.5, 0.6) is 0 Å². The van der Waals surface area contributed by atoms with Gasteiger partial charge in [-0.2, -0.15) is 5.10 Å². The minimum absolute atomic E-state index is 0.0347. The first-order chi connectivity index (χ1) is 9.47. The third-order valence-corrected chi connectivity index (χ3v) is 2.73. The maximum Gasteiger partial charge on any atom is 0.354 e. The molecule has 2 aromatic heterocycles. The van der Waals surface area contributed by atoms with Crippen molar-refractivity contribution in [2.45, 2.75) is 13.5 Å². The number of urea groups is 1. The van der Waals surface area contributed by atoms with Crippen molar-refractivity contribution in [1.29, 1.82) is 0 Å². The Morgan fingerprint density at radius 1 is 1.50 bits per heavy atom. The molecular weight excluding hydrogens is 262 g/mol. The highest BCUT2D eigenvalue weighted by atomic mass is 16.4. The lowest BCUT2D eigenvalue weighted by Gasteiger charge is -2.16. The van der Waals surface area contributed by atoms with Crippen molar-refractivity contribution in [2.75, 3.05) is 12.4 Å². The highest BCUT2D eigenvalue weighted by molar-refractivity contribution is 5.99. The van der Waals surface area contributed by atoms with E-state index in [1.165, 1.54) is 4.90 Å². The predicted molar refractivity (Wildman–Crippen MR) is 71.6 cm³/mol. The van der Waals surface area contributed by atoms with Gasteiger partial charge in [0.2, 0.25) is 0 Å². The van der Waals surface area contributed by atoms with Gasteiger partial charge in [0.05, 0.1) is 18.4 Å². The Labute approximate surface area is 114 Å². The number of hydrogen-bond acceptors (Lipinski definition) is 3. The summed E-state index contributed by atoms with van der Waals surface area (Å²) in [7, 11) is 1.61. The van der Waals surface area contributed by atoms with Crippen molar-refractivity contribution in [3.05, 3.63) is 35.4 Å². The Morgan fingerprint density at radius 3 is 2.85 bits per heavy atom. The number of carboxylic acids is 1. The summed E-state index contributed by atoms with van der Waals surface area (Å²) in [6.45, 7) is 2.09. The van der Waals surface area contributed by atoms with Crippen molar-refractivity contribution < 1.29 is 14.7 Å². The molecule has 0 spiro atoms. The van der Waals surface area contributed by atoms with E-state index in [0.29, 0.717) is 12.2 Å². The molecule has 2 amide bonds. The van der Waals surface area contributed by atoms with Crippen LogP contribution in [0.2, 0.25) is 0 Å². The second-order valence-corrected chi connectivity index (χ2v) is 4.44. The number of aryl methyl sites for hydroxylation is 1. The molecule has 2 aromatic rings. The largest absolute Gasteiger partial charge is 0.477 e. The van der Waals surface area contributed by atoms with Gasteiger partial charge in [-0.1, -0.05) is 0 Å². The Balaban J connectivity index is 2.05. The first-order valence-electron chi connectivity index (χ1n) is 5.90. The average molecular weight is 277 g/mol. The second kappa shape index (κ2) is 5.47. The van der Waals surface area contributed by atoms with Gasteiger partial charge in [0, 0.05) is 24.5 Å². The lowest BCUT2D eigenvalue weighted by molar-refractivity contribution is 0.0692. The molecule has 0 aromatic carbocycles. The number of carbonyl (C=O) groups is 2. The van der Waals surface area contributed by atoms with E-state index in [9.17, 15) is 9.59 Å². The van der Waals surface area contributed by atoms with Crippen molar-refractivity contribution in [2.24, 2.45) is 0 Å². The zero-order chi connectivity index (χ0) is 14.7. The third-order valence-electron chi connectivity index (χ3n) is 2.73. The Morgan fingerprint density at radius 2 is 2.25 bits per heavy atom. The van der Waals surface area contributed by atoms with Crippen LogP contribution in [-0.4, -0.2) is 44.2 Å². The van der Waals surface area contributed by atoms with Gasteiger partial charge in [0.25, 0.3) is 0 Å². The maximum atomic E-state index is 12.0. The summed E-state index contributed by atoms with van der Waals surface area (Å²) < 4.78 is 0. The standard InChI is InChI=1S/C12H15N5O3/c1-7-3-9(10(15-7)11(18)19)16-12(20)17(2)6-8-4-13-14-5-8/h3-5,15H,6H2,1-2H3,(H,13,14)(H,16,20)(H,18,19). The summed E-state index contributed by atoms with van der Waals surface area (Å²) in [5, 5.41) is 18.1. The van der Waals surface area contributed by atoms with Crippen LogP contribution in [0.1, 0.15) is 21.7 Å². The van der Waals surface area contributed by atoms with Crippen molar-refractivity contribution in [1.82, 2.24) is 20.1 Å². The number of carboxylic acid groups (broad SMARTS) is 1. The molecule has 0 aliphatic rings. The predicted octanol–water partition coefficient (Wildman–Crippen LogP) is 1.41. The number of aromatic carboxylic acids is 1. The minimum atomic E-state index is -1.12. The zero-order valence-electron chi connectivity index (χ0n) is 11.1. The molecule has 0 unspecified atom stereocenters. The molecule has 0 saturated carbocycles. The Bertz CT molecular complexity index is 617. The van der Waals surface area contributed by atoms with Crippen LogP contribution >= 0.6 is 0 Å². The van der Waals surface area contributed by atoms with Crippen LogP contribution in [0, 0.1) is 6.92 Å². The molecule has 2 heterocycles. The second-order valence-electron chi connectivity index (χ2n) is 4.44. The summed E-state index contributed by atoms with van der Waals surface area (Å²) in [5.74, 6) is -1.12. The normalized spacial score (nSPS) is 10.3. The van der Waals surface area contributed by atoms with E-state index >= 15 is 0 Å². The molecule has 106 valence electrons. The van der Waals surface area contributed by atoms with Gasteiger partial charge in [0.15, 0.2) is 0 Å². The van der Waals surface area contributed by atoms with Gasteiger partial charge in [0.1, 0.15) is 5.69 Å². The number of rotatable bonds is 4. The number of hydrogen-bond donors (Lipinski definition) is 4. The van der Waals surface area contributed by atoms with Crippen molar-refractivity contribution in [3.8, 4) is 0 Å². The number of H-pyrrole nitrogens is 2. The van der Waals surface area contributed by atoms with Gasteiger partial charge in [-0.05, 0) is 13.0 Å². The van der Waals surface area contributed by atoms with Crippen LogP contribution in [0.3, 0.4) is 0 Å². The van der Waals surface area contributed by atoms with Crippen LogP contribution in [0.4, 0.5) is 10.5 Å². The minimum Gasteiger partial charge on any atom is -0.477 e. The summed E-state index contributed by atoms with van der Waals surface area (Å²) in [6, 6.07) is 1.18. The Hall–Kier alpha value is -2.77. The molecule has 4 N–H and O–H groups in total. The topological polar surface area (TPSA) is 114 Å². The SMILES string of the molecule is Cc1cc(NC(=O)N(C)Cc2cn[nH]c2)c(C(=O)O)[nH]1. The molecule has 0 bridgehead atoms. The summed E-state index contributed by atoms with van der Waals surface area (Å²) in [4.78, 5) is 27.1. The van der Waals surface area contributed by atoms with Gasteiger partial charge in [-0.3, -0.25) is 5.10 Å². The zero-order valence-corrected chi connectivity index (χ0v) is 11.1. The highest BCUT2D eigenvalue weighted by Gasteiger charge is 2.17. The monoisotopic (exact) mass is 277 g/mol.